The van der Waals surface area contributed by atoms with E-state index in [0.29, 0.717) is 22.8 Å². The normalized spacial score (nSPS) is 11.3. The molecule has 2 N–H and O–H groups in total. The summed E-state index contributed by atoms with van der Waals surface area (Å²) < 4.78 is 37.6. The third-order valence-electron chi connectivity index (χ3n) is 2.95. The van der Waals surface area contributed by atoms with E-state index in [1.807, 2.05) is 6.92 Å². The molecule has 0 amide bonds. The third kappa shape index (κ3) is 5.02. The topological polar surface area (TPSA) is 117 Å². The predicted molar refractivity (Wildman–Crippen MR) is 80.7 cm³/mol. The molecule has 0 saturated heterocycles. The smallest absolute Gasteiger partial charge is 0.744 e. The Hall–Kier alpha value is -1.45. The molecule has 9 heteroatoms. The Morgan fingerprint density at radius 2 is 1.74 bits per heavy atom. The van der Waals surface area contributed by atoms with Gasteiger partial charge < -0.3 is 15.0 Å². The number of hydrogen-bond donors (Lipinski definition) is 1. The first-order valence-electron chi connectivity index (χ1n) is 6.23. The average molecular weight is 343 g/mol. The van der Waals surface area contributed by atoms with Crippen LogP contribution in [-0.4, -0.2) is 20.1 Å². The molecule has 0 saturated carbocycles. The molecule has 7 nitrogen and oxygen atoms in total. The van der Waals surface area contributed by atoms with Crippen molar-refractivity contribution < 1.29 is 47.3 Å². The number of aryl methyl sites for hydroxylation is 1. The van der Waals surface area contributed by atoms with E-state index in [-0.39, 0.29) is 34.5 Å². The third-order valence-corrected chi connectivity index (χ3v) is 3.80. The number of rotatable bonds is 4. The molecule has 2 rings (SSSR count). The quantitative estimate of drug-likeness (QED) is 0.360. The number of benzene rings is 2. The fourth-order valence-corrected chi connectivity index (χ4v) is 2.23. The van der Waals surface area contributed by atoms with Gasteiger partial charge in [0.1, 0.15) is 15.9 Å². The number of hydrogen-bond acceptors (Lipinski definition) is 7. The standard InChI is InChI=1S/C14H15N3O4S.Na/c1-9-7-14(21-2)12(15)8-13(9)17-16-10-3-5-11(6-4-10)22(18,19)20;/h3-8H,15H2,1-2H3,(H,18,19,20);/q;+1/p-1. The van der Waals surface area contributed by atoms with Crippen molar-refractivity contribution in [3.8, 4) is 5.75 Å². The minimum atomic E-state index is -4.46. The Morgan fingerprint density at radius 3 is 2.26 bits per heavy atom. The van der Waals surface area contributed by atoms with Crippen molar-refractivity contribution >= 4 is 27.2 Å². The van der Waals surface area contributed by atoms with Crippen molar-refractivity contribution in [2.45, 2.75) is 11.8 Å². The number of nitrogens with zero attached hydrogens (tertiary/aromatic N) is 2. The van der Waals surface area contributed by atoms with Gasteiger partial charge >= 0.3 is 29.6 Å². The summed E-state index contributed by atoms with van der Waals surface area (Å²) in [6.45, 7) is 1.84. The maximum atomic E-state index is 10.8. The van der Waals surface area contributed by atoms with Crippen molar-refractivity contribution in [3.63, 3.8) is 0 Å². The fraction of sp³-hybridized carbons (Fsp3) is 0.143. The molecular weight excluding hydrogens is 329 g/mol. The Kier molecular flexibility index (Phi) is 6.72. The summed E-state index contributed by atoms with van der Waals surface area (Å²) in [5, 5.41) is 8.05. The van der Waals surface area contributed by atoms with Crippen LogP contribution in [0.3, 0.4) is 0 Å². The van der Waals surface area contributed by atoms with Crippen LogP contribution in [0.25, 0.3) is 0 Å². The van der Waals surface area contributed by atoms with E-state index < -0.39 is 10.1 Å². The first-order chi connectivity index (χ1) is 10.3. The van der Waals surface area contributed by atoms with E-state index >= 15 is 0 Å². The van der Waals surface area contributed by atoms with Gasteiger partial charge in [-0.05, 0) is 48.9 Å². The molecule has 0 aliphatic heterocycles. The Labute approximate surface area is 156 Å². The van der Waals surface area contributed by atoms with E-state index in [1.165, 1.54) is 31.4 Å². The fourth-order valence-electron chi connectivity index (χ4n) is 1.76. The van der Waals surface area contributed by atoms with Gasteiger partial charge in [0.05, 0.1) is 29.1 Å². The average Bonchev–Trinajstić information content (AvgIpc) is 2.47. The summed E-state index contributed by atoms with van der Waals surface area (Å²) in [6, 6.07) is 8.55. The predicted octanol–water partition coefficient (Wildman–Crippen LogP) is -0.0907. The van der Waals surface area contributed by atoms with Crippen LogP contribution in [0, 0.1) is 6.92 Å². The number of nitrogen functional groups attached to an aromatic ring is 1. The molecule has 23 heavy (non-hydrogen) atoms. The summed E-state index contributed by atoms with van der Waals surface area (Å²) in [7, 11) is -2.93. The molecule has 2 aromatic rings. The van der Waals surface area contributed by atoms with E-state index in [0.717, 1.165) is 5.56 Å². The Bertz CT molecular complexity index is 821. The second-order valence-corrected chi connectivity index (χ2v) is 5.91. The van der Waals surface area contributed by atoms with Gasteiger partial charge in [0, 0.05) is 0 Å². The maximum Gasteiger partial charge on any atom is 1.00 e. The van der Waals surface area contributed by atoms with E-state index in [2.05, 4.69) is 10.2 Å². The van der Waals surface area contributed by atoms with E-state index in [9.17, 15) is 13.0 Å². The molecule has 0 unspecified atom stereocenters. The van der Waals surface area contributed by atoms with Crippen LogP contribution in [0.15, 0.2) is 51.5 Å². The van der Waals surface area contributed by atoms with Gasteiger partial charge in [-0.2, -0.15) is 10.2 Å². The number of azo groups is 1. The van der Waals surface area contributed by atoms with Crippen molar-refractivity contribution in [1.82, 2.24) is 0 Å². The maximum absolute atomic E-state index is 10.8. The molecule has 0 aliphatic rings. The second-order valence-electron chi connectivity index (χ2n) is 4.53. The zero-order valence-corrected chi connectivity index (χ0v) is 15.8. The zero-order chi connectivity index (χ0) is 16.3. The van der Waals surface area contributed by atoms with Crippen molar-refractivity contribution in [2.75, 3.05) is 12.8 Å². The van der Waals surface area contributed by atoms with Gasteiger partial charge in [0.25, 0.3) is 0 Å². The number of anilines is 1. The second kappa shape index (κ2) is 7.89. The molecule has 0 fully saturated rings. The van der Waals surface area contributed by atoms with Gasteiger partial charge in [-0.3, -0.25) is 0 Å². The Balaban J connectivity index is 0.00000264. The van der Waals surface area contributed by atoms with Crippen LogP contribution >= 0.6 is 0 Å². The van der Waals surface area contributed by atoms with Crippen LogP contribution in [-0.2, 0) is 10.1 Å². The van der Waals surface area contributed by atoms with Gasteiger partial charge in [-0.1, -0.05) is 0 Å². The molecule has 2 aromatic carbocycles. The largest absolute Gasteiger partial charge is 1.00 e. The van der Waals surface area contributed by atoms with Gasteiger partial charge in [-0.15, -0.1) is 0 Å². The molecule has 0 atom stereocenters. The van der Waals surface area contributed by atoms with Gasteiger partial charge in [0.2, 0.25) is 0 Å². The van der Waals surface area contributed by atoms with E-state index in [1.54, 1.807) is 12.1 Å². The monoisotopic (exact) mass is 343 g/mol. The van der Waals surface area contributed by atoms with Crippen LogP contribution in [0.5, 0.6) is 5.75 Å². The van der Waals surface area contributed by atoms with Crippen molar-refractivity contribution in [3.05, 3.63) is 42.0 Å². The summed E-state index contributed by atoms with van der Waals surface area (Å²) >= 11 is 0. The minimum absolute atomic E-state index is 0. The van der Waals surface area contributed by atoms with Crippen molar-refractivity contribution in [1.29, 1.82) is 0 Å². The Morgan fingerprint density at radius 1 is 1.13 bits per heavy atom. The number of methoxy groups -OCH3 is 1. The molecule has 0 bridgehead atoms. The number of ether oxygens (including phenoxy) is 1. The van der Waals surface area contributed by atoms with Gasteiger partial charge in [-0.25, -0.2) is 8.42 Å². The summed E-state index contributed by atoms with van der Waals surface area (Å²) in [6.07, 6.45) is 0. The van der Waals surface area contributed by atoms with Crippen LogP contribution in [0.4, 0.5) is 17.1 Å². The van der Waals surface area contributed by atoms with Crippen LogP contribution in [0.2, 0.25) is 0 Å². The first kappa shape index (κ1) is 19.6. The van der Waals surface area contributed by atoms with E-state index in [4.69, 9.17) is 10.5 Å². The van der Waals surface area contributed by atoms with Gasteiger partial charge in [0.15, 0.2) is 0 Å². The molecule has 0 heterocycles. The molecular formula is C14H14N3NaO4S. The zero-order valence-electron chi connectivity index (χ0n) is 13.0. The molecule has 0 radical (unpaired) electrons. The van der Waals surface area contributed by atoms with Crippen LogP contribution in [0.1, 0.15) is 5.56 Å². The summed E-state index contributed by atoms with van der Waals surface area (Å²) in [5.74, 6) is 0.557. The SMILES string of the molecule is COc1cc(C)c(N=Nc2ccc(S(=O)(=O)[O-])cc2)cc1N.[Na+]. The molecule has 116 valence electrons. The molecule has 0 aliphatic carbocycles. The molecule has 0 aromatic heterocycles. The minimum Gasteiger partial charge on any atom is -0.744 e. The first-order valence-corrected chi connectivity index (χ1v) is 7.64. The molecule has 0 spiro atoms. The summed E-state index contributed by atoms with van der Waals surface area (Å²) in [5.41, 5.74) is 8.06. The summed E-state index contributed by atoms with van der Waals surface area (Å²) in [4.78, 5) is -0.309. The van der Waals surface area contributed by atoms with Crippen LogP contribution < -0.4 is 40.0 Å². The van der Waals surface area contributed by atoms with Crippen molar-refractivity contribution in [2.24, 2.45) is 10.2 Å². The number of nitrogens with two attached hydrogens (primary N) is 1.